The van der Waals surface area contributed by atoms with Crippen LogP contribution in [0.5, 0.6) is 0 Å². The molecule has 6 nitrogen and oxygen atoms in total. The molecular formula is C21H25N3O3. The average Bonchev–Trinajstić information content (AvgIpc) is 2.63. The van der Waals surface area contributed by atoms with Crippen molar-refractivity contribution in [2.24, 2.45) is 5.92 Å². The summed E-state index contributed by atoms with van der Waals surface area (Å²) < 4.78 is 0. The van der Waals surface area contributed by atoms with Crippen LogP contribution in [0.4, 0.5) is 11.4 Å². The quantitative estimate of drug-likeness (QED) is 0.618. The normalized spacial score (nSPS) is 17.4. The maximum Gasteiger partial charge on any atom is 0.273 e. The first-order valence-electron chi connectivity index (χ1n) is 9.34. The molecule has 2 aromatic carbocycles. The number of amides is 1. The Hall–Kier alpha value is -2.73. The van der Waals surface area contributed by atoms with E-state index in [9.17, 15) is 14.9 Å². The van der Waals surface area contributed by atoms with Crippen molar-refractivity contribution < 1.29 is 9.72 Å². The molecule has 0 unspecified atom stereocenters. The van der Waals surface area contributed by atoms with E-state index in [4.69, 9.17) is 0 Å². The number of rotatable bonds is 6. The molecule has 1 atom stereocenters. The molecule has 0 radical (unpaired) electrons. The molecule has 1 heterocycles. The molecule has 0 aromatic heterocycles. The molecule has 6 heteroatoms. The average molecular weight is 367 g/mol. The summed E-state index contributed by atoms with van der Waals surface area (Å²) in [6.45, 7) is 5.49. The Bertz CT molecular complexity index is 805. The number of nitrogens with one attached hydrogen (secondary N) is 1. The number of carbonyl (C=O) groups excluding carboxylic acids is 1. The van der Waals surface area contributed by atoms with Crippen LogP contribution in [0, 0.1) is 16.0 Å². The Balaban J connectivity index is 1.56. The highest BCUT2D eigenvalue weighted by Crippen LogP contribution is 2.20. The van der Waals surface area contributed by atoms with E-state index in [1.807, 2.05) is 24.3 Å². The standard InChI is InChI=1S/C21H25N3O3/c1-16-5-4-12-23(14-16)15-17-8-10-19(11-9-17)22-21(25)13-18-6-2-3-7-20(18)24(26)27/h2-3,6-11,16H,4-5,12-15H2,1H3,(H,22,25)/t16-/m1/s1. The second-order valence-electron chi connectivity index (χ2n) is 7.29. The maximum atomic E-state index is 12.3. The van der Waals surface area contributed by atoms with Gasteiger partial charge in [-0.15, -0.1) is 0 Å². The largest absolute Gasteiger partial charge is 0.326 e. The van der Waals surface area contributed by atoms with Gasteiger partial charge in [0.15, 0.2) is 0 Å². The van der Waals surface area contributed by atoms with Gasteiger partial charge in [-0.3, -0.25) is 19.8 Å². The molecule has 1 N–H and O–H groups in total. The van der Waals surface area contributed by atoms with E-state index in [1.54, 1.807) is 18.2 Å². The molecule has 0 saturated carbocycles. The Morgan fingerprint density at radius 3 is 2.67 bits per heavy atom. The van der Waals surface area contributed by atoms with Crippen LogP contribution in [0.3, 0.4) is 0 Å². The summed E-state index contributed by atoms with van der Waals surface area (Å²) in [6.07, 6.45) is 2.53. The van der Waals surface area contributed by atoms with Gasteiger partial charge in [-0.05, 0) is 43.0 Å². The van der Waals surface area contributed by atoms with Crippen molar-refractivity contribution in [3.8, 4) is 0 Å². The fourth-order valence-corrected chi connectivity index (χ4v) is 3.60. The van der Waals surface area contributed by atoms with Crippen molar-refractivity contribution in [1.29, 1.82) is 0 Å². The molecule has 1 fully saturated rings. The van der Waals surface area contributed by atoms with E-state index >= 15 is 0 Å². The van der Waals surface area contributed by atoms with E-state index in [1.165, 1.54) is 24.5 Å². The summed E-state index contributed by atoms with van der Waals surface area (Å²) in [5.74, 6) is 0.487. The first-order chi connectivity index (χ1) is 13.0. The minimum absolute atomic E-state index is 0.0232. The van der Waals surface area contributed by atoms with Crippen LogP contribution in [0.1, 0.15) is 30.9 Å². The van der Waals surface area contributed by atoms with Crippen LogP contribution in [0.25, 0.3) is 0 Å². The molecule has 142 valence electrons. The molecule has 0 spiro atoms. The van der Waals surface area contributed by atoms with E-state index in [2.05, 4.69) is 17.1 Å². The van der Waals surface area contributed by atoms with Crippen molar-refractivity contribution in [2.45, 2.75) is 32.7 Å². The number of benzene rings is 2. The number of nitro benzene ring substituents is 1. The summed E-state index contributed by atoms with van der Waals surface area (Å²) in [6, 6.07) is 14.2. The highest BCUT2D eigenvalue weighted by Gasteiger charge is 2.17. The first-order valence-corrected chi connectivity index (χ1v) is 9.34. The summed E-state index contributed by atoms with van der Waals surface area (Å²) in [5.41, 5.74) is 2.31. The molecule has 0 aliphatic carbocycles. The van der Waals surface area contributed by atoms with Gasteiger partial charge in [-0.1, -0.05) is 37.3 Å². The summed E-state index contributed by atoms with van der Waals surface area (Å²) in [7, 11) is 0. The molecule has 2 aromatic rings. The highest BCUT2D eigenvalue weighted by molar-refractivity contribution is 5.92. The fraction of sp³-hybridized carbons (Fsp3) is 0.381. The molecular weight excluding hydrogens is 342 g/mol. The molecule has 3 rings (SSSR count). The number of piperidine rings is 1. The molecule has 1 saturated heterocycles. The van der Waals surface area contributed by atoms with Gasteiger partial charge in [0.1, 0.15) is 0 Å². The third-order valence-electron chi connectivity index (χ3n) is 4.92. The van der Waals surface area contributed by atoms with Gasteiger partial charge in [0, 0.05) is 30.4 Å². The van der Waals surface area contributed by atoms with Crippen molar-refractivity contribution in [3.05, 3.63) is 69.8 Å². The Labute approximate surface area is 159 Å². The predicted molar refractivity (Wildman–Crippen MR) is 106 cm³/mol. The van der Waals surface area contributed by atoms with Crippen molar-refractivity contribution in [1.82, 2.24) is 4.90 Å². The van der Waals surface area contributed by atoms with Crippen LogP contribution in [-0.4, -0.2) is 28.8 Å². The predicted octanol–water partition coefficient (Wildman–Crippen LogP) is 4.01. The van der Waals surface area contributed by atoms with Gasteiger partial charge >= 0.3 is 0 Å². The molecule has 1 aliphatic rings. The van der Waals surface area contributed by atoms with E-state index in [-0.39, 0.29) is 18.0 Å². The number of likely N-dealkylation sites (tertiary alicyclic amines) is 1. The number of hydrogen-bond acceptors (Lipinski definition) is 4. The van der Waals surface area contributed by atoms with Gasteiger partial charge in [-0.2, -0.15) is 0 Å². The zero-order valence-corrected chi connectivity index (χ0v) is 15.6. The highest BCUT2D eigenvalue weighted by atomic mass is 16.6. The zero-order valence-electron chi connectivity index (χ0n) is 15.6. The lowest BCUT2D eigenvalue weighted by molar-refractivity contribution is -0.385. The van der Waals surface area contributed by atoms with Crippen LogP contribution in [0.15, 0.2) is 48.5 Å². The van der Waals surface area contributed by atoms with Crippen molar-refractivity contribution in [3.63, 3.8) is 0 Å². The van der Waals surface area contributed by atoms with Crippen molar-refractivity contribution in [2.75, 3.05) is 18.4 Å². The van der Waals surface area contributed by atoms with Crippen LogP contribution >= 0.6 is 0 Å². The minimum Gasteiger partial charge on any atom is -0.326 e. The molecule has 1 aliphatic heterocycles. The van der Waals surface area contributed by atoms with E-state index < -0.39 is 4.92 Å². The summed E-state index contributed by atoms with van der Waals surface area (Å²) >= 11 is 0. The van der Waals surface area contributed by atoms with Gasteiger partial charge in [0.2, 0.25) is 5.91 Å². The van der Waals surface area contributed by atoms with E-state index in [0.29, 0.717) is 11.3 Å². The smallest absolute Gasteiger partial charge is 0.273 e. The molecule has 0 bridgehead atoms. The third-order valence-corrected chi connectivity index (χ3v) is 4.92. The lowest BCUT2D eigenvalue weighted by atomic mass is 10.00. The van der Waals surface area contributed by atoms with Crippen LogP contribution < -0.4 is 5.32 Å². The summed E-state index contributed by atoms with van der Waals surface area (Å²) in [5, 5.41) is 13.9. The Morgan fingerprint density at radius 1 is 1.22 bits per heavy atom. The Kier molecular flexibility index (Phi) is 6.19. The second kappa shape index (κ2) is 8.77. The molecule has 27 heavy (non-hydrogen) atoms. The Morgan fingerprint density at radius 2 is 1.96 bits per heavy atom. The van der Waals surface area contributed by atoms with Crippen molar-refractivity contribution >= 4 is 17.3 Å². The number of nitro groups is 1. The number of carbonyl (C=O) groups is 1. The topological polar surface area (TPSA) is 75.5 Å². The van der Waals surface area contributed by atoms with Gasteiger partial charge in [-0.25, -0.2) is 0 Å². The number of anilines is 1. The van der Waals surface area contributed by atoms with E-state index in [0.717, 1.165) is 25.6 Å². The zero-order chi connectivity index (χ0) is 19.2. The third kappa shape index (κ3) is 5.37. The second-order valence-corrected chi connectivity index (χ2v) is 7.29. The molecule has 1 amide bonds. The fourth-order valence-electron chi connectivity index (χ4n) is 3.60. The van der Waals surface area contributed by atoms with Gasteiger partial charge in [0.25, 0.3) is 5.69 Å². The minimum atomic E-state index is -0.459. The SMILES string of the molecule is C[C@@H]1CCCN(Cc2ccc(NC(=O)Cc3ccccc3[N+](=O)[O-])cc2)C1. The number of hydrogen-bond donors (Lipinski definition) is 1. The first kappa shape index (κ1) is 19.0. The van der Waals surface area contributed by atoms with Gasteiger partial charge in [0.05, 0.1) is 11.3 Å². The number of nitrogens with zero attached hydrogens (tertiary/aromatic N) is 2. The van der Waals surface area contributed by atoms with Crippen LogP contribution in [-0.2, 0) is 17.8 Å². The maximum absolute atomic E-state index is 12.3. The lowest BCUT2D eigenvalue weighted by Gasteiger charge is -2.30. The lowest BCUT2D eigenvalue weighted by Crippen LogP contribution is -2.33. The number of para-hydroxylation sites is 1. The van der Waals surface area contributed by atoms with Crippen LogP contribution in [0.2, 0.25) is 0 Å². The van der Waals surface area contributed by atoms with Gasteiger partial charge < -0.3 is 5.32 Å². The monoisotopic (exact) mass is 367 g/mol. The summed E-state index contributed by atoms with van der Waals surface area (Å²) in [4.78, 5) is 25.3.